The summed E-state index contributed by atoms with van der Waals surface area (Å²) in [6.45, 7) is 7.43. The van der Waals surface area contributed by atoms with Crippen molar-refractivity contribution in [3.63, 3.8) is 0 Å². The number of hydrogen-bond donors (Lipinski definition) is 0. The van der Waals surface area contributed by atoms with Gasteiger partial charge in [-0.15, -0.1) is 0 Å². The average molecular weight is 472 g/mol. The minimum absolute atomic E-state index is 0.114. The van der Waals surface area contributed by atoms with E-state index in [1.807, 2.05) is 20.8 Å². The number of carbonyl (C=O) groups excluding carboxylic acids is 2. The molecule has 30 heavy (non-hydrogen) atoms. The predicted octanol–water partition coefficient (Wildman–Crippen LogP) is 6.49. The second-order valence-electron chi connectivity index (χ2n) is 7.47. The topological polar surface area (TPSA) is 40.6 Å². The lowest BCUT2D eigenvalue weighted by Crippen LogP contribution is -2.58. The summed E-state index contributed by atoms with van der Waals surface area (Å²) in [6, 6.07) is 11.7. The first kappa shape index (κ1) is 24.2. The molecule has 0 fully saturated rings. The van der Waals surface area contributed by atoms with Gasteiger partial charge in [-0.05, 0) is 69.7 Å². The van der Waals surface area contributed by atoms with E-state index in [1.54, 1.807) is 31.2 Å². The van der Waals surface area contributed by atoms with Crippen LogP contribution in [-0.4, -0.2) is 33.9 Å². The van der Waals surface area contributed by atoms with Crippen LogP contribution in [0.4, 0.5) is 4.39 Å². The molecule has 0 N–H and O–H groups in total. The second kappa shape index (κ2) is 9.82. The summed E-state index contributed by atoms with van der Waals surface area (Å²) >= 11 is 17.6. The van der Waals surface area contributed by atoms with E-state index < -0.39 is 23.2 Å². The van der Waals surface area contributed by atoms with Crippen molar-refractivity contribution in [1.82, 2.24) is 10.0 Å². The van der Waals surface area contributed by atoms with Crippen molar-refractivity contribution in [3.8, 4) is 0 Å². The van der Waals surface area contributed by atoms with E-state index in [0.29, 0.717) is 11.1 Å². The van der Waals surface area contributed by atoms with Crippen molar-refractivity contribution in [2.75, 3.05) is 6.54 Å². The van der Waals surface area contributed by atoms with Crippen LogP contribution in [0.15, 0.2) is 53.0 Å². The maximum absolute atomic E-state index is 13.3. The summed E-state index contributed by atoms with van der Waals surface area (Å²) in [5.41, 5.74) is 0.325. The summed E-state index contributed by atoms with van der Waals surface area (Å²) in [5, 5.41) is 2.84. The van der Waals surface area contributed by atoms with Gasteiger partial charge in [-0.1, -0.05) is 46.9 Å². The fraction of sp³-hybridized carbons (Fsp3) is 0.273. The Balaban J connectivity index is 2.49. The van der Waals surface area contributed by atoms with E-state index in [1.165, 1.54) is 34.3 Å². The van der Waals surface area contributed by atoms with Gasteiger partial charge in [0.2, 0.25) is 0 Å². The number of halogens is 4. The molecular formula is C22H22Cl3FN2O2. The van der Waals surface area contributed by atoms with Crippen LogP contribution >= 0.6 is 34.8 Å². The van der Waals surface area contributed by atoms with Gasteiger partial charge in [0, 0.05) is 17.7 Å². The summed E-state index contributed by atoms with van der Waals surface area (Å²) in [4.78, 5) is 26.6. The maximum Gasteiger partial charge on any atom is 0.272 e. The van der Waals surface area contributed by atoms with Crippen LogP contribution in [0, 0.1) is 5.82 Å². The highest BCUT2D eigenvalue weighted by Gasteiger charge is 2.35. The summed E-state index contributed by atoms with van der Waals surface area (Å²) < 4.78 is 13.2. The van der Waals surface area contributed by atoms with Gasteiger partial charge in [0.1, 0.15) is 10.3 Å². The normalized spacial score (nSPS) is 11.1. The first-order valence-electron chi connectivity index (χ1n) is 9.20. The minimum Gasteiger partial charge on any atom is -0.267 e. The third-order valence-electron chi connectivity index (χ3n) is 4.22. The number of nitrogens with zero attached hydrogens (tertiary/aromatic N) is 2. The van der Waals surface area contributed by atoms with Crippen LogP contribution in [0.5, 0.6) is 0 Å². The zero-order valence-electron chi connectivity index (χ0n) is 17.0. The van der Waals surface area contributed by atoms with Gasteiger partial charge in [-0.2, -0.15) is 0 Å². The number of benzene rings is 2. The molecule has 0 aliphatic heterocycles. The maximum atomic E-state index is 13.3. The van der Waals surface area contributed by atoms with E-state index >= 15 is 0 Å². The second-order valence-corrected chi connectivity index (χ2v) is 8.80. The zero-order chi connectivity index (χ0) is 22.6. The van der Waals surface area contributed by atoms with Crippen LogP contribution in [-0.2, 0) is 0 Å². The molecule has 0 aliphatic rings. The summed E-state index contributed by atoms with van der Waals surface area (Å²) in [5.74, 6) is -1.27. The molecule has 8 heteroatoms. The van der Waals surface area contributed by atoms with Crippen molar-refractivity contribution in [2.45, 2.75) is 33.2 Å². The van der Waals surface area contributed by atoms with E-state index in [9.17, 15) is 14.0 Å². The molecule has 0 atom stereocenters. The first-order valence-corrected chi connectivity index (χ1v) is 10.3. The Morgan fingerprint density at radius 3 is 1.97 bits per heavy atom. The summed E-state index contributed by atoms with van der Waals surface area (Å²) in [7, 11) is 0. The average Bonchev–Trinajstić information content (AvgIpc) is 2.70. The standard InChI is InChI=1S/C22H22Cl3FN2O2/c1-5-27(20(29)16-8-6-7-15(13-16)18(23)19(24)25)28(22(2,3)4)21(30)14-9-11-17(26)12-10-14/h6-13H,5H2,1-4H3. The van der Waals surface area contributed by atoms with Crippen molar-refractivity contribution in [2.24, 2.45) is 0 Å². The van der Waals surface area contributed by atoms with E-state index in [-0.39, 0.29) is 21.6 Å². The molecule has 0 saturated heterocycles. The molecule has 160 valence electrons. The van der Waals surface area contributed by atoms with Crippen molar-refractivity contribution in [3.05, 3.63) is 75.5 Å². The van der Waals surface area contributed by atoms with E-state index in [4.69, 9.17) is 34.8 Å². The van der Waals surface area contributed by atoms with Crippen molar-refractivity contribution in [1.29, 1.82) is 0 Å². The minimum atomic E-state index is -0.730. The first-order chi connectivity index (χ1) is 14.0. The molecule has 0 aromatic heterocycles. The van der Waals surface area contributed by atoms with Crippen LogP contribution in [0.2, 0.25) is 0 Å². The number of hydrogen-bond acceptors (Lipinski definition) is 2. The molecule has 0 radical (unpaired) electrons. The molecule has 2 rings (SSSR count). The van der Waals surface area contributed by atoms with Gasteiger partial charge in [-0.3, -0.25) is 9.59 Å². The molecule has 0 bridgehead atoms. The molecule has 0 spiro atoms. The van der Waals surface area contributed by atoms with Gasteiger partial charge in [-0.25, -0.2) is 14.4 Å². The molecule has 0 saturated carbocycles. The van der Waals surface area contributed by atoms with Crippen molar-refractivity contribution >= 4 is 51.6 Å². The van der Waals surface area contributed by atoms with Crippen LogP contribution in [0.25, 0.3) is 5.03 Å². The Bertz CT molecular complexity index is 965. The molecular weight excluding hydrogens is 450 g/mol. The zero-order valence-corrected chi connectivity index (χ0v) is 19.3. The summed E-state index contributed by atoms with van der Waals surface area (Å²) in [6.07, 6.45) is 0. The largest absolute Gasteiger partial charge is 0.272 e. The Morgan fingerprint density at radius 1 is 0.900 bits per heavy atom. The monoisotopic (exact) mass is 470 g/mol. The fourth-order valence-electron chi connectivity index (χ4n) is 2.91. The highest BCUT2D eigenvalue weighted by atomic mass is 35.5. The molecule has 4 nitrogen and oxygen atoms in total. The smallest absolute Gasteiger partial charge is 0.267 e. The number of rotatable bonds is 4. The Hall–Kier alpha value is -2.08. The van der Waals surface area contributed by atoms with E-state index in [2.05, 4.69) is 0 Å². The van der Waals surface area contributed by atoms with Gasteiger partial charge >= 0.3 is 0 Å². The highest BCUT2D eigenvalue weighted by Crippen LogP contribution is 2.29. The lowest BCUT2D eigenvalue weighted by Gasteiger charge is -2.43. The Morgan fingerprint density at radius 2 is 1.47 bits per heavy atom. The number of amides is 2. The Kier molecular flexibility index (Phi) is 7.92. The lowest BCUT2D eigenvalue weighted by atomic mass is 10.1. The van der Waals surface area contributed by atoms with Gasteiger partial charge in [0.25, 0.3) is 11.8 Å². The third-order valence-corrected chi connectivity index (χ3v) is 5.20. The fourth-order valence-corrected chi connectivity index (χ4v) is 3.25. The van der Waals surface area contributed by atoms with Crippen LogP contribution in [0.3, 0.4) is 0 Å². The highest BCUT2D eigenvalue weighted by molar-refractivity contribution is 6.66. The quantitative estimate of drug-likeness (QED) is 0.478. The SMILES string of the molecule is CCN(C(=O)c1cccc(C(Cl)=C(Cl)Cl)c1)N(C(=O)c1ccc(F)cc1)C(C)(C)C. The van der Waals surface area contributed by atoms with Crippen molar-refractivity contribution < 1.29 is 14.0 Å². The molecule has 0 unspecified atom stereocenters. The molecule has 0 aliphatic carbocycles. The van der Waals surface area contributed by atoms with Gasteiger partial charge < -0.3 is 0 Å². The molecule has 2 aromatic carbocycles. The number of carbonyl (C=O) groups is 2. The van der Waals surface area contributed by atoms with Gasteiger partial charge in [0.15, 0.2) is 0 Å². The van der Waals surface area contributed by atoms with E-state index in [0.717, 1.165) is 0 Å². The van der Waals surface area contributed by atoms with Gasteiger partial charge in [0.05, 0.1) is 10.6 Å². The molecule has 0 heterocycles. The number of hydrazine groups is 1. The van der Waals surface area contributed by atoms with Crippen LogP contribution < -0.4 is 0 Å². The molecule has 2 aromatic rings. The van der Waals surface area contributed by atoms with Crippen LogP contribution in [0.1, 0.15) is 54.0 Å². The lowest BCUT2D eigenvalue weighted by molar-refractivity contribution is -0.0410. The molecule has 2 amide bonds. The Labute approximate surface area is 190 Å². The third kappa shape index (κ3) is 5.54. The predicted molar refractivity (Wildman–Crippen MR) is 120 cm³/mol.